The number of aromatic nitrogens is 3. The Bertz CT molecular complexity index is 1120. The molecular formula is C21H24N4O2. The fraction of sp³-hybridized carbons (Fsp3) is 0.381. The predicted octanol–water partition coefficient (Wildman–Crippen LogP) is 3.96. The van der Waals surface area contributed by atoms with Crippen LogP contribution in [-0.4, -0.2) is 28.0 Å². The van der Waals surface area contributed by atoms with Gasteiger partial charge in [-0.1, -0.05) is 25.5 Å². The summed E-state index contributed by atoms with van der Waals surface area (Å²) in [5, 5.41) is 5.32. The van der Waals surface area contributed by atoms with E-state index in [0.29, 0.717) is 28.8 Å². The fourth-order valence-corrected chi connectivity index (χ4v) is 4.16. The van der Waals surface area contributed by atoms with E-state index in [2.05, 4.69) is 41.9 Å². The molecule has 0 aliphatic heterocycles. The third-order valence-corrected chi connectivity index (χ3v) is 5.52. The monoisotopic (exact) mass is 364 g/mol. The van der Waals surface area contributed by atoms with Crippen molar-refractivity contribution in [3.05, 3.63) is 46.5 Å². The standard InChI is InChI=1S/C21H24N4O2/c1-12-7-13(2)17(14(3)8-12)10-23-25-11-22-19-16-9-15(27-4)5-6-18(16)24-20(19)21(25)26/h5-7,9-11,13-14,17,24H,8H2,1-4H3/b23-10-/t13-,14+,17-/m0/s1. The van der Waals surface area contributed by atoms with Crippen LogP contribution in [0.3, 0.4) is 0 Å². The molecule has 6 nitrogen and oxygen atoms in total. The Kier molecular flexibility index (Phi) is 4.34. The van der Waals surface area contributed by atoms with Crippen molar-refractivity contribution in [3.63, 3.8) is 0 Å². The highest BCUT2D eigenvalue weighted by atomic mass is 16.5. The van der Waals surface area contributed by atoms with Crippen molar-refractivity contribution < 1.29 is 4.74 Å². The first-order chi connectivity index (χ1) is 13.0. The molecule has 0 saturated carbocycles. The van der Waals surface area contributed by atoms with Crippen molar-refractivity contribution in [2.75, 3.05) is 7.11 Å². The lowest BCUT2D eigenvalue weighted by Gasteiger charge is -2.29. The van der Waals surface area contributed by atoms with E-state index < -0.39 is 0 Å². The van der Waals surface area contributed by atoms with Crippen molar-refractivity contribution in [3.8, 4) is 5.75 Å². The minimum Gasteiger partial charge on any atom is -0.497 e. The number of nitrogens with one attached hydrogen (secondary N) is 1. The summed E-state index contributed by atoms with van der Waals surface area (Å²) in [5.74, 6) is 1.95. The first-order valence-electron chi connectivity index (χ1n) is 9.26. The zero-order valence-corrected chi connectivity index (χ0v) is 16.1. The molecule has 6 heteroatoms. The van der Waals surface area contributed by atoms with Gasteiger partial charge in [0.25, 0.3) is 5.56 Å². The molecular weight excluding hydrogens is 340 g/mol. The highest BCUT2D eigenvalue weighted by molar-refractivity contribution is 6.04. The number of H-pyrrole nitrogens is 1. The molecule has 1 aliphatic carbocycles. The molecule has 0 spiro atoms. The molecule has 1 N–H and O–H groups in total. The molecule has 0 amide bonds. The van der Waals surface area contributed by atoms with Gasteiger partial charge in [0.15, 0.2) is 0 Å². The second-order valence-corrected chi connectivity index (χ2v) is 7.55. The molecule has 2 heterocycles. The Balaban J connectivity index is 1.74. The van der Waals surface area contributed by atoms with E-state index in [4.69, 9.17) is 4.74 Å². The molecule has 0 bridgehead atoms. The Morgan fingerprint density at radius 1 is 1.37 bits per heavy atom. The molecule has 1 aliphatic rings. The molecule has 140 valence electrons. The summed E-state index contributed by atoms with van der Waals surface area (Å²) in [7, 11) is 1.62. The van der Waals surface area contributed by atoms with Crippen molar-refractivity contribution >= 4 is 28.2 Å². The number of rotatable bonds is 3. The molecule has 3 atom stereocenters. The van der Waals surface area contributed by atoms with Gasteiger partial charge in [0.2, 0.25) is 0 Å². The SMILES string of the molecule is COc1ccc2[nH]c3c(=O)n(/N=C\[C@@H]4[C@H](C)CC(C)=C[C@@H]4C)cnc3c2c1. The molecule has 4 rings (SSSR count). The number of aromatic amines is 1. The van der Waals surface area contributed by atoms with Crippen LogP contribution in [0.15, 0.2) is 46.1 Å². The average Bonchev–Trinajstić information content (AvgIpc) is 3.01. The molecule has 3 aromatic rings. The normalized spacial score (nSPS) is 23.3. The van der Waals surface area contributed by atoms with Crippen molar-refractivity contribution in [2.45, 2.75) is 27.2 Å². The molecule has 0 fully saturated rings. The molecule has 1 aromatic carbocycles. The Morgan fingerprint density at radius 2 is 2.19 bits per heavy atom. The van der Waals surface area contributed by atoms with E-state index in [1.807, 2.05) is 24.4 Å². The minimum atomic E-state index is -0.200. The number of hydrogen-bond acceptors (Lipinski definition) is 4. The zero-order valence-electron chi connectivity index (χ0n) is 16.1. The van der Waals surface area contributed by atoms with Gasteiger partial charge in [-0.15, -0.1) is 0 Å². The second-order valence-electron chi connectivity index (χ2n) is 7.55. The van der Waals surface area contributed by atoms with Crippen LogP contribution in [0.1, 0.15) is 27.2 Å². The first kappa shape index (κ1) is 17.5. The topological polar surface area (TPSA) is 72.3 Å². The lowest BCUT2D eigenvalue weighted by molar-refractivity contribution is 0.361. The van der Waals surface area contributed by atoms with Gasteiger partial charge in [-0.3, -0.25) is 4.79 Å². The summed E-state index contributed by atoms with van der Waals surface area (Å²) >= 11 is 0. The third-order valence-electron chi connectivity index (χ3n) is 5.52. The number of fused-ring (bicyclic) bond motifs is 3. The Morgan fingerprint density at radius 3 is 2.93 bits per heavy atom. The van der Waals surface area contributed by atoms with Gasteiger partial charge in [-0.25, -0.2) is 4.98 Å². The predicted molar refractivity (Wildman–Crippen MR) is 108 cm³/mol. The number of methoxy groups -OCH3 is 1. The smallest absolute Gasteiger partial charge is 0.298 e. The van der Waals surface area contributed by atoms with Crippen molar-refractivity contribution in [1.82, 2.24) is 14.6 Å². The maximum absolute atomic E-state index is 12.9. The van der Waals surface area contributed by atoms with Gasteiger partial charge in [-0.05, 0) is 43.4 Å². The van der Waals surface area contributed by atoms with Gasteiger partial charge < -0.3 is 9.72 Å². The van der Waals surface area contributed by atoms with Crippen LogP contribution in [0.5, 0.6) is 5.75 Å². The molecule has 2 aromatic heterocycles. The van der Waals surface area contributed by atoms with Crippen molar-refractivity contribution in [2.24, 2.45) is 22.9 Å². The van der Waals surface area contributed by atoms with Crippen LogP contribution in [0.25, 0.3) is 21.9 Å². The molecule has 27 heavy (non-hydrogen) atoms. The summed E-state index contributed by atoms with van der Waals surface area (Å²) in [6.45, 7) is 6.61. The quantitative estimate of drug-likeness (QED) is 0.565. The van der Waals surface area contributed by atoms with Crippen LogP contribution in [0.4, 0.5) is 0 Å². The summed E-state index contributed by atoms with van der Waals surface area (Å²) in [6, 6.07) is 5.63. The maximum Gasteiger partial charge on any atom is 0.298 e. The third kappa shape index (κ3) is 3.05. The number of hydrogen-bond donors (Lipinski definition) is 1. The summed E-state index contributed by atoms with van der Waals surface area (Å²) in [4.78, 5) is 20.5. The van der Waals surface area contributed by atoms with E-state index in [0.717, 1.165) is 23.1 Å². The van der Waals surface area contributed by atoms with Gasteiger partial charge >= 0.3 is 0 Å². The highest BCUT2D eigenvalue weighted by Crippen LogP contribution is 2.32. The van der Waals surface area contributed by atoms with Crippen LogP contribution in [0.2, 0.25) is 0 Å². The first-order valence-corrected chi connectivity index (χ1v) is 9.26. The molecule has 0 radical (unpaired) electrons. The lowest BCUT2D eigenvalue weighted by Crippen LogP contribution is -2.26. The van der Waals surface area contributed by atoms with E-state index >= 15 is 0 Å². The van der Waals surface area contributed by atoms with E-state index in [9.17, 15) is 4.79 Å². The van der Waals surface area contributed by atoms with E-state index in [-0.39, 0.29) is 5.56 Å². The van der Waals surface area contributed by atoms with Crippen LogP contribution >= 0.6 is 0 Å². The number of ether oxygens (including phenoxy) is 1. The molecule has 0 unspecified atom stereocenters. The Hall–Kier alpha value is -2.89. The average molecular weight is 364 g/mol. The van der Waals surface area contributed by atoms with Gasteiger partial charge in [0.05, 0.1) is 7.11 Å². The van der Waals surface area contributed by atoms with Gasteiger partial charge in [0, 0.05) is 23.0 Å². The number of allylic oxidation sites excluding steroid dienone is 2. The van der Waals surface area contributed by atoms with E-state index in [1.54, 1.807) is 7.11 Å². The highest BCUT2D eigenvalue weighted by Gasteiger charge is 2.25. The lowest BCUT2D eigenvalue weighted by atomic mass is 9.76. The number of benzene rings is 1. The fourth-order valence-electron chi connectivity index (χ4n) is 4.16. The number of nitrogens with zero attached hydrogens (tertiary/aromatic N) is 3. The molecule has 0 saturated heterocycles. The maximum atomic E-state index is 12.9. The van der Waals surface area contributed by atoms with Crippen LogP contribution in [0, 0.1) is 17.8 Å². The van der Waals surface area contributed by atoms with Gasteiger partial charge in [0.1, 0.15) is 23.1 Å². The summed E-state index contributed by atoms with van der Waals surface area (Å²) < 4.78 is 6.59. The summed E-state index contributed by atoms with van der Waals surface area (Å²) in [5.41, 5.74) is 3.17. The largest absolute Gasteiger partial charge is 0.497 e. The second kappa shape index (κ2) is 6.68. The minimum absolute atomic E-state index is 0.200. The van der Waals surface area contributed by atoms with E-state index in [1.165, 1.54) is 16.6 Å². The zero-order chi connectivity index (χ0) is 19.1. The summed E-state index contributed by atoms with van der Waals surface area (Å²) in [6.07, 6.45) is 6.76. The van der Waals surface area contributed by atoms with Crippen LogP contribution < -0.4 is 10.3 Å². The van der Waals surface area contributed by atoms with Crippen molar-refractivity contribution in [1.29, 1.82) is 0 Å². The van der Waals surface area contributed by atoms with Gasteiger partial charge in [-0.2, -0.15) is 9.78 Å². The Labute approximate surface area is 157 Å². The van der Waals surface area contributed by atoms with Crippen LogP contribution in [-0.2, 0) is 0 Å².